The Morgan fingerprint density at radius 3 is 3.06 bits per heavy atom. The van der Waals surface area contributed by atoms with Gasteiger partial charge in [0.25, 0.3) is 0 Å². The van der Waals surface area contributed by atoms with E-state index >= 15 is 0 Å². The van der Waals surface area contributed by atoms with Gasteiger partial charge >= 0.3 is 5.97 Å². The Morgan fingerprint density at radius 2 is 2.44 bits per heavy atom. The number of hydrogen-bond donors (Lipinski definition) is 1. The maximum atomic E-state index is 11.1. The zero-order valence-corrected chi connectivity index (χ0v) is 10.7. The van der Waals surface area contributed by atoms with Gasteiger partial charge in [0.05, 0.1) is 6.10 Å². The first-order valence-corrected chi connectivity index (χ1v) is 6.08. The van der Waals surface area contributed by atoms with Gasteiger partial charge in [0.2, 0.25) is 0 Å². The molecule has 0 bridgehead atoms. The third-order valence-electron chi connectivity index (χ3n) is 3.42. The molecule has 1 N–H and O–H groups in total. The lowest BCUT2D eigenvalue weighted by atomic mass is 10.1. The van der Waals surface area contributed by atoms with Crippen LogP contribution in [-0.2, 0) is 11.3 Å². The van der Waals surface area contributed by atoms with Crippen molar-refractivity contribution >= 4 is 5.97 Å². The van der Waals surface area contributed by atoms with Crippen molar-refractivity contribution in [3.63, 3.8) is 0 Å². The lowest BCUT2D eigenvalue weighted by molar-refractivity contribution is 0.0683. The van der Waals surface area contributed by atoms with E-state index in [0.29, 0.717) is 12.6 Å². The first-order chi connectivity index (χ1) is 8.59. The summed E-state index contributed by atoms with van der Waals surface area (Å²) in [4.78, 5) is 17.1. The van der Waals surface area contributed by atoms with Crippen LogP contribution < -0.4 is 0 Å². The molecule has 0 aliphatic carbocycles. The van der Waals surface area contributed by atoms with Gasteiger partial charge in [-0.05, 0) is 32.0 Å². The molecule has 1 aliphatic rings. The standard InChI is InChI=1S/C13H18N2O3/c1-9-11(5-7-18-9)15(2)8-10-4-3-6-14-12(10)13(16)17/h3-4,6,9,11H,5,7-8H2,1-2H3,(H,16,17). The number of rotatable bonds is 4. The molecule has 5 nitrogen and oxygen atoms in total. The molecule has 98 valence electrons. The fourth-order valence-corrected chi connectivity index (χ4v) is 2.44. The summed E-state index contributed by atoms with van der Waals surface area (Å²) < 4.78 is 5.53. The Labute approximate surface area is 106 Å². The smallest absolute Gasteiger partial charge is 0.354 e. The monoisotopic (exact) mass is 250 g/mol. The average molecular weight is 250 g/mol. The third kappa shape index (κ3) is 2.68. The van der Waals surface area contributed by atoms with Gasteiger partial charge in [-0.25, -0.2) is 9.78 Å². The normalized spacial score (nSPS) is 23.5. The molecule has 0 spiro atoms. The van der Waals surface area contributed by atoms with Gasteiger partial charge in [-0.15, -0.1) is 0 Å². The summed E-state index contributed by atoms with van der Waals surface area (Å²) in [6, 6.07) is 3.92. The quantitative estimate of drug-likeness (QED) is 0.875. The molecule has 0 radical (unpaired) electrons. The van der Waals surface area contributed by atoms with E-state index in [2.05, 4.69) is 16.8 Å². The van der Waals surface area contributed by atoms with Crippen molar-refractivity contribution < 1.29 is 14.6 Å². The van der Waals surface area contributed by atoms with E-state index in [-0.39, 0.29) is 11.8 Å². The molecule has 2 heterocycles. The molecule has 0 aromatic carbocycles. The van der Waals surface area contributed by atoms with Crippen LogP contribution in [0.25, 0.3) is 0 Å². The van der Waals surface area contributed by atoms with Crippen molar-refractivity contribution in [2.75, 3.05) is 13.7 Å². The molecule has 1 aromatic rings. The van der Waals surface area contributed by atoms with E-state index in [1.54, 1.807) is 6.07 Å². The summed E-state index contributed by atoms with van der Waals surface area (Å²) in [5.41, 5.74) is 0.877. The maximum Gasteiger partial charge on any atom is 0.354 e. The van der Waals surface area contributed by atoms with Gasteiger partial charge < -0.3 is 9.84 Å². The Kier molecular flexibility index (Phi) is 3.93. The number of pyridine rings is 1. The van der Waals surface area contributed by atoms with Crippen LogP contribution in [0.4, 0.5) is 0 Å². The molecule has 2 unspecified atom stereocenters. The van der Waals surface area contributed by atoms with E-state index in [0.717, 1.165) is 18.6 Å². The second kappa shape index (κ2) is 5.46. The highest BCUT2D eigenvalue weighted by Crippen LogP contribution is 2.20. The van der Waals surface area contributed by atoms with E-state index in [1.807, 2.05) is 13.1 Å². The second-order valence-corrected chi connectivity index (χ2v) is 4.66. The molecule has 1 aliphatic heterocycles. The van der Waals surface area contributed by atoms with Crippen LogP contribution >= 0.6 is 0 Å². The molecule has 2 atom stereocenters. The molecule has 5 heteroatoms. The molecule has 0 amide bonds. The summed E-state index contributed by atoms with van der Waals surface area (Å²) in [7, 11) is 1.99. The Morgan fingerprint density at radius 1 is 1.67 bits per heavy atom. The van der Waals surface area contributed by atoms with Crippen molar-refractivity contribution in [1.82, 2.24) is 9.88 Å². The molecule has 1 saturated heterocycles. The third-order valence-corrected chi connectivity index (χ3v) is 3.42. The summed E-state index contributed by atoms with van der Waals surface area (Å²) in [5, 5.41) is 9.09. The number of aromatic nitrogens is 1. The lowest BCUT2D eigenvalue weighted by Gasteiger charge is -2.26. The largest absolute Gasteiger partial charge is 0.477 e. The first kappa shape index (κ1) is 13.0. The highest BCUT2D eigenvalue weighted by Gasteiger charge is 2.28. The van der Waals surface area contributed by atoms with Crippen LogP contribution in [0, 0.1) is 0 Å². The van der Waals surface area contributed by atoms with E-state index in [9.17, 15) is 4.79 Å². The van der Waals surface area contributed by atoms with Gasteiger partial charge in [0, 0.05) is 25.4 Å². The van der Waals surface area contributed by atoms with E-state index < -0.39 is 5.97 Å². The average Bonchev–Trinajstić information content (AvgIpc) is 2.76. The molecule has 18 heavy (non-hydrogen) atoms. The van der Waals surface area contributed by atoms with Gasteiger partial charge in [0.15, 0.2) is 5.69 Å². The number of carboxylic acid groups (broad SMARTS) is 1. The van der Waals surface area contributed by atoms with Crippen molar-refractivity contribution in [2.45, 2.75) is 32.0 Å². The van der Waals surface area contributed by atoms with Gasteiger partial charge in [0.1, 0.15) is 0 Å². The van der Waals surface area contributed by atoms with Crippen LogP contribution in [-0.4, -0.2) is 46.8 Å². The zero-order chi connectivity index (χ0) is 13.1. The fourth-order valence-electron chi connectivity index (χ4n) is 2.44. The van der Waals surface area contributed by atoms with E-state index in [1.165, 1.54) is 6.20 Å². The Hall–Kier alpha value is -1.46. The molecule has 2 rings (SSSR count). The van der Waals surface area contributed by atoms with Crippen molar-refractivity contribution in [3.05, 3.63) is 29.6 Å². The number of hydrogen-bond acceptors (Lipinski definition) is 4. The summed E-state index contributed by atoms with van der Waals surface area (Å²) in [6.45, 7) is 3.40. The van der Waals surface area contributed by atoms with Crippen LogP contribution in [0.1, 0.15) is 29.4 Å². The highest BCUT2D eigenvalue weighted by molar-refractivity contribution is 5.86. The minimum Gasteiger partial charge on any atom is -0.477 e. The number of nitrogens with zero attached hydrogens (tertiary/aromatic N) is 2. The van der Waals surface area contributed by atoms with Crippen LogP contribution in [0.3, 0.4) is 0 Å². The number of carbonyl (C=O) groups is 1. The van der Waals surface area contributed by atoms with Crippen molar-refractivity contribution in [1.29, 1.82) is 0 Å². The number of aromatic carboxylic acids is 1. The van der Waals surface area contributed by atoms with Gasteiger partial charge in [-0.3, -0.25) is 4.90 Å². The van der Waals surface area contributed by atoms with Gasteiger partial charge in [-0.2, -0.15) is 0 Å². The van der Waals surface area contributed by atoms with E-state index in [4.69, 9.17) is 9.84 Å². The van der Waals surface area contributed by atoms with Crippen LogP contribution in [0.5, 0.6) is 0 Å². The van der Waals surface area contributed by atoms with Crippen molar-refractivity contribution in [2.24, 2.45) is 0 Å². The zero-order valence-electron chi connectivity index (χ0n) is 10.7. The molecular formula is C13H18N2O3. The second-order valence-electron chi connectivity index (χ2n) is 4.66. The molecule has 1 aromatic heterocycles. The minimum atomic E-state index is -0.977. The highest BCUT2D eigenvalue weighted by atomic mass is 16.5. The SMILES string of the molecule is CC1OCCC1N(C)Cc1cccnc1C(=O)O. The summed E-state index contributed by atoms with van der Waals surface area (Å²) in [6.07, 6.45) is 2.69. The van der Waals surface area contributed by atoms with Crippen LogP contribution in [0.15, 0.2) is 18.3 Å². The lowest BCUT2D eigenvalue weighted by Crippen LogP contribution is -2.36. The Balaban J connectivity index is 2.11. The maximum absolute atomic E-state index is 11.1. The predicted octanol–water partition coefficient (Wildman–Crippen LogP) is 1.39. The minimum absolute atomic E-state index is 0.135. The molecule has 1 fully saturated rings. The van der Waals surface area contributed by atoms with Crippen LogP contribution in [0.2, 0.25) is 0 Å². The Bertz CT molecular complexity index is 436. The van der Waals surface area contributed by atoms with Gasteiger partial charge in [-0.1, -0.05) is 6.07 Å². The predicted molar refractivity (Wildman–Crippen MR) is 66.5 cm³/mol. The molecule has 0 saturated carbocycles. The van der Waals surface area contributed by atoms with Crippen molar-refractivity contribution in [3.8, 4) is 0 Å². The fraction of sp³-hybridized carbons (Fsp3) is 0.538. The number of ether oxygens (including phenoxy) is 1. The number of carboxylic acids is 1. The number of likely N-dealkylation sites (N-methyl/N-ethyl adjacent to an activating group) is 1. The topological polar surface area (TPSA) is 62.7 Å². The molecular weight excluding hydrogens is 232 g/mol. The first-order valence-electron chi connectivity index (χ1n) is 6.08. The summed E-state index contributed by atoms with van der Waals surface area (Å²) >= 11 is 0. The summed E-state index contributed by atoms with van der Waals surface area (Å²) in [5.74, 6) is -0.977.